The Morgan fingerprint density at radius 1 is 1.40 bits per heavy atom. The molecule has 0 atom stereocenters. The highest BCUT2D eigenvalue weighted by molar-refractivity contribution is 5.80. The van der Waals surface area contributed by atoms with Crippen LogP contribution in [0.25, 0.3) is 10.9 Å². The van der Waals surface area contributed by atoms with Crippen LogP contribution in [0.3, 0.4) is 0 Å². The molecular formula is C12H12FNO. The maximum absolute atomic E-state index is 13.4. The van der Waals surface area contributed by atoms with Crippen LogP contribution in [-0.4, -0.2) is 10.1 Å². The summed E-state index contributed by atoms with van der Waals surface area (Å²) in [6.07, 6.45) is 1.54. The van der Waals surface area contributed by atoms with Gasteiger partial charge in [-0.3, -0.25) is 0 Å². The Bertz CT molecular complexity index is 496. The molecule has 0 aliphatic heterocycles. The molecule has 0 radical (unpaired) electrons. The first-order valence-corrected chi connectivity index (χ1v) is 4.99. The predicted octanol–water partition coefficient (Wildman–Crippen LogP) is 3.03. The molecule has 2 aromatic rings. The maximum Gasteiger partial charge on any atom is 0.149 e. The topological polar surface area (TPSA) is 33.1 Å². The minimum Gasteiger partial charge on any atom is -0.506 e. The van der Waals surface area contributed by atoms with Crippen LogP contribution in [-0.2, 0) is 6.42 Å². The van der Waals surface area contributed by atoms with E-state index in [4.69, 9.17) is 0 Å². The molecule has 0 spiro atoms. The molecule has 3 heteroatoms. The van der Waals surface area contributed by atoms with Gasteiger partial charge in [-0.2, -0.15) is 0 Å². The van der Waals surface area contributed by atoms with Crippen molar-refractivity contribution in [1.29, 1.82) is 0 Å². The fourth-order valence-electron chi connectivity index (χ4n) is 1.61. The molecule has 0 fully saturated rings. The number of rotatable bonds is 2. The number of hydrogen-bond donors (Lipinski definition) is 1. The van der Waals surface area contributed by atoms with Gasteiger partial charge in [0.1, 0.15) is 17.1 Å². The first kappa shape index (κ1) is 9.90. The van der Waals surface area contributed by atoms with Gasteiger partial charge >= 0.3 is 0 Å². The van der Waals surface area contributed by atoms with Crippen LogP contribution in [0, 0.1) is 5.82 Å². The van der Waals surface area contributed by atoms with Gasteiger partial charge in [-0.15, -0.1) is 0 Å². The molecule has 78 valence electrons. The van der Waals surface area contributed by atoms with Crippen LogP contribution >= 0.6 is 0 Å². The Labute approximate surface area is 87.4 Å². The summed E-state index contributed by atoms with van der Waals surface area (Å²) in [6.45, 7) is 1.99. The molecule has 2 rings (SSSR count). The number of aromatic nitrogens is 1. The zero-order valence-corrected chi connectivity index (χ0v) is 8.50. The van der Waals surface area contributed by atoms with E-state index in [1.165, 1.54) is 6.07 Å². The number of para-hydroxylation sites is 1. The van der Waals surface area contributed by atoms with E-state index in [1.54, 1.807) is 18.2 Å². The van der Waals surface area contributed by atoms with Gasteiger partial charge in [0, 0.05) is 5.39 Å². The largest absolute Gasteiger partial charge is 0.506 e. The number of hydrogen-bond acceptors (Lipinski definition) is 2. The van der Waals surface area contributed by atoms with E-state index in [0.717, 1.165) is 6.42 Å². The third-order valence-corrected chi connectivity index (χ3v) is 2.34. The van der Waals surface area contributed by atoms with E-state index < -0.39 is 0 Å². The molecule has 0 unspecified atom stereocenters. The normalized spacial score (nSPS) is 10.8. The lowest BCUT2D eigenvalue weighted by atomic mass is 10.1. The molecular weight excluding hydrogens is 193 g/mol. The Hall–Kier alpha value is -1.64. The van der Waals surface area contributed by atoms with E-state index in [2.05, 4.69) is 4.98 Å². The Balaban J connectivity index is 2.66. The van der Waals surface area contributed by atoms with E-state index >= 15 is 0 Å². The second-order valence-electron chi connectivity index (χ2n) is 3.52. The number of halogens is 1. The molecule has 2 nitrogen and oxygen atoms in total. The quantitative estimate of drug-likeness (QED) is 0.817. The highest BCUT2D eigenvalue weighted by atomic mass is 19.1. The number of pyridine rings is 1. The lowest BCUT2D eigenvalue weighted by molar-refractivity contribution is 0.464. The third-order valence-electron chi connectivity index (χ3n) is 2.34. The molecule has 15 heavy (non-hydrogen) atoms. The molecule has 0 bridgehead atoms. The molecule has 0 saturated carbocycles. The Morgan fingerprint density at radius 3 is 2.93 bits per heavy atom. The van der Waals surface area contributed by atoms with Crippen LogP contribution < -0.4 is 0 Å². The zero-order valence-electron chi connectivity index (χ0n) is 8.50. The maximum atomic E-state index is 13.4. The van der Waals surface area contributed by atoms with Crippen LogP contribution in [0.1, 0.15) is 19.0 Å². The van der Waals surface area contributed by atoms with Crippen molar-refractivity contribution in [2.24, 2.45) is 0 Å². The van der Waals surface area contributed by atoms with Crippen molar-refractivity contribution in [3.8, 4) is 5.75 Å². The van der Waals surface area contributed by atoms with Crippen molar-refractivity contribution in [3.63, 3.8) is 0 Å². The van der Waals surface area contributed by atoms with Crippen molar-refractivity contribution in [2.45, 2.75) is 19.8 Å². The van der Waals surface area contributed by atoms with Gasteiger partial charge in [0.2, 0.25) is 0 Å². The van der Waals surface area contributed by atoms with Gasteiger partial charge in [0.05, 0.1) is 5.69 Å². The van der Waals surface area contributed by atoms with Gasteiger partial charge in [-0.1, -0.05) is 25.5 Å². The fourth-order valence-corrected chi connectivity index (χ4v) is 1.61. The summed E-state index contributed by atoms with van der Waals surface area (Å²) in [4.78, 5) is 4.14. The van der Waals surface area contributed by atoms with Crippen molar-refractivity contribution < 1.29 is 9.50 Å². The number of fused-ring (bicyclic) bond motifs is 1. The number of benzene rings is 1. The summed E-state index contributed by atoms with van der Waals surface area (Å²) < 4.78 is 13.4. The minimum absolute atomic E-state index is 0.148. The minimum atomic E-state index is -0.343. The molecule has 0 aliphatic carbocycles. The first-order valence-electron chi connectivity index (χ1n) is 4.99. The monoisotopic (exact) mass is 205 g/mol. The molecule has 1 heterocycles. The van der Waals surface area contributed by atoms with Gasteiger partial charge in [-0.25, -0.2) is 9.37 Å². The Kier molecular flexibility index (Phi) is 2.54. The number of aryl methyl sites for hydroxylation is 1. The number of nitrogens with zero attached hydrogens (tertiary/aromatic N) is 1. The van der Waals surface area contributed by atoms with Crippen molar-refractivity contribution >= 4 is 10.9 Å². The van der Waals surface area contributed by atoms with Crippen LogP contribution in [0.5, 0.6) is 5.75 Å². The lowest BCUT2D eigenvalue weighted by Crippen LogP contribution is -1.93. The highest BCUT2D eigenvalue weighted by Gasteiger charge is 2.07. The van der Waals surface area contributed by atoms with Gasteiger partial charge in [-0.05, 0) is 18.6 Å². The number of aromatic hydroxyl groups is 1. The summed E-state index contributed by atoms with van der Waals surface area (Å²) >= 11 is 0. The van der Waals surface area contributed by atoms with Gasteiger partial charge in [0.15, 0.2) is 0 Å². The van der Waals surface area contributed by atoms with Crippen LogP contribution in [0.15, 0.2) is 24.3 Å². The standard InChI is InChI=1S/C12H12FNO/c1-2-4-10-11(15)7-8-5-3-6-9(13)12(8)14-10/h3,5-7,15H,2,4H2,1H3. The lowest BCUT2D eigenvalue weighted by Gasteiger charge is -2.05. The van der Waals surface area contributed by atoms with Crippen molar-refractivity contribution in [3.05, 3.63) is 35.8 Å². The highest BCUT2D eigenvalue weighted by Crippen LogP contribution is 2.24. The second kappa shape index (κ2) is 3.85. The SMILES string of the molecule is CCCc1nc2c(F)cccc2cc1O. The molecule has 1 aromatic heterocycles. The van der Waals surface area contributed by atoms with E-state index in [-0.39, 0.29) is 11.6 Å². The third kappa shape index (κ3) is 1.77. The molecule has 1 aromatic carbocycles. The summed E-state index contributed by atoms with van der Waals surface area (Å²) in [5.41, 5.74) is 0.897. The average Bonchev–Trinajstić information content (AvgIpc) is 2.21. The molecule has 0 saturated heterocycles. The van der Waals surface area contributed by atoms with Crippen LogP contribution in [0.2, 0.25) is 0 Å². The molecule has 1 N–H and O–H groups in total. The van der Waals surface area contributed by atoms with Gasteiger partial charge < -0.3 is 5.11 Å². The van der Waals surface area contributed by atoms with Gasteiger partial charge in [0.25, 0.3) is 0 Å². The molecule has 0 amide bonds. The van der Waals surface area contributed by atoms with Crippen LogP contribution in [0.4, 0.5) is 4.39 Å². The smallest absolute Gasteiger partial charge is 0.149 e. The van der Waals surface area contributed by atoms with E-state index in [9.17, 15) is 9.50 Å². The molecule has 0 aliphatic rings. The van der Waals surface area contributed by atoms with E-state index in [1.807, 2.05) is 6.92 Å². The van der Waals surface area contributed by atoms with E-state index in [0.29, 0.717) is 23.0 Å². The van der Waals surface area contributed by atoms with Crippen molar-refractivity contribution in [1.82, 2.24) is 4.98 Å². The summed E-state index contributed by atoms with van der Waals surface area (Å²) in [5.74, 6) is -0.195. The fraction of sp³-hybridized carbons (Fsp3) is 0.250. The second-order valence-corrected chi connectivity index (χ2v) is 3.52. The summed E-state index contributed by atoms with van der Waals surface area (Å²) in [5, 5.41) is 10.3. The summed E-state index contributed by atoms with van der Waals surface area (Å²) in [6, 6.07) is 6.29. The Morgan fingerprint density at radius 2 is 2.20 bits per heavy atom. The predicted molar refractivity (Wildman–Crippen MR) is 57.4 cm³/mol. The van der Waals surface area contributed by atoms with Crippen molar-refractivity contribution in [2.75, 3.05) is 0 Å². The zero-order chi connectivity index (χ0) is 10.8. The first-order chi connectivity index (χ1) is 7.22. The summed E-state index contributed by atoms with van der Waals surface area (Å²) in [7, 11) is 0. The average molecular weight is 205 g/mol.